The normalized spacial score (nSPS) is 15.2. The molecule has 0 amide bonds. The monoisotopic (exact) mass is 250 g/mol. The number of methoxy groups -OCH3 is 2. The number of hydrogen-bond donors (Lipinski definition) is 1. The van der Waals surface area contributed by atoms with E-state index in [-0.39, 0.29) is 0 Å². The minimum Gasteiger partial charge on any atom is -0.496 e. The zero-order valence-electron chi connectivity index (χ0n) is 11.8. The number of benzene rings is 1. The van der Waals surface area contributed by atoms with E-state index in [0.29, 0.717) is 6.04 Å². The van der Waals surface area contributed by atoms with Gasteiger partial charge >= 0.3 is 0 Å². The average Bonchev–Trinajstić information content (AvgIpc) is 2.30. The summed E-state index contributed by atoms with van der Waals surface area (Å²) >= 11 is 0. The smallest absolute Gasteiger partial charge is 0.145 e. The summed E-state index contributed by atoms with van der Waals surface area (Å²) in [5, 5.41) is 3.29. The molecule has 1 aliphatic heterocycles. The SMILES string of the molecule is COc1cc(N(C)C2CNC2)c(OC)c(C)c1C. The summed E-state index contributed by atoms with van der Waals surface area (Å²) in [6.07, 6.45) is 0. The van der Waals surface area contributed by atoms with Gasteiger partial charge in [0.1, 0.15) is 11.5 Å². The van der Waals surface area contributed by atoms with Crippen molar-refractivity contribution in [3.05, 3.63) is 17.2 Å². The van der Waals surface area contributed by atoms with E-state index in [0.717, 1.165) is 41.4 Å². The van der Waals surface area contributed by atoms with E-state index < -0.39 is 0 Å². The number of likely N-dealkylation sites (N-methyl/N-ethyl adjacent to an activating group) is 1. The van der Waals surface area contributed by atoms with Crippen LogP contribution in [0, 0.1) is 13.8 Å². The molecule has 1 aromatic rings. The quantitative estimate of drug-likeness (QED) is 0.882. The Kier molecular flexibility index (Phi) is 3.66. The molecule has 0 bridgehead atoms. The van der Waals surface area contributed by atoms with Gasteiger partial charge in [-0.1, -0.05) is 0 Å². The Balaban J connectivity index is 2.46. The summed E-state index contributed by atoms with van der Waals surface area (Å²) in [7, 11) is 5.55. The molecule has 1 aromatic carbocycles. The van der Waals surface area contributed by atoms with Crippen LogP contribution in [0.4, 0.5) is 5.69 Å². The summed E-state index contributed by atoms with van der Waals surface area (Å²) in [4.78, 5) is 2.27. The van der Waals surface area contributed by atoms with Crippen molar-refractivity contribution < 1.29 is 9.47 Å². The number of ether oxygens (including phenoxy) is 2. The lowest BCUT2D eigenvalue weighted by Crippen LogP contribution is -2.56. The molecule has 18 heavy (non-hydrogen) atoms. The molecule has 4 heteroatoms. The van der Waals surface area contributed by atoms with Crippen LogP contribution in [0.1, 0.15) is 11.1 Å². The third kappa shape index (κ3) is 2.01. The predicted octanol–water partition coefficient (Wildman–Crippen LogP) is 1.73. The predicted molar refractivity (Wildman–Crippen MR) is 74.1 cm³/mol. The van der Waals surface area contributed by atoms with E-state index in [1.54, 1.807) is 14.2 Å². The van der Waals surface area contributed by atoms with Crippen LogP contribution < -0.4 is 19.7 Å². The Morgan fingerprint density at radius 3 is 2.28 bits per heavy atom. The molecule has 1 saturated heterocycles. The van der Waals surface area contributed by atoms with Crippen molar-refractivity contribution in [3.63, 3.8) is 0 Å². The molecule has 4 nitrogen and oxygen atoms in total. The highest BCUT2D eigenvalue weighted by molar-refractivity contribution is 5.68. The Morgan fingerprint density at radius 1 is 1.17 bits per heavy atom. The van der Waals surface area contributed by atoms with Crippen molar-refractivity contribution in [1.29, 1.82) is 0 Å². The van der Waals surface area contributed by atoms with Crippen molar-refractivity contribution in [1.82, 2.24) is 5.32 Å². The lowest BCUT2D eigenvalue weighted by molar-refractivity contribution is 0.389. The van der Waals surface area contributed by atoms with Gasteiger partial charge < -0.3 is 19.7 Å². The second-order valence-electron chi connectivity index (χ2n) is 4.80. The second-order valence-corrected chi connectivity index (χ2v) is 4.80. The zero-order chi connectivity index (χ0) is 13.3. The first-order valence-electron chi connectivity index (χ1n) is 6.25. The number of anilines is 1. The first kappa shape index (κ1) is 13.0. The standard InChI is InChI=1S/C14H22N2O2/c1-9-10(2)14(18-5)12(6-13(9)17-4)16(3)11-7-15-8-11/h6,11,15H,7-8H2,1-5H3. The van der Waals surface area contributed by atoms with Gasteiger partial charge in [0.15, 0.2) is 0 Å². The summed E-state index contributed by atoms with van der Waals surface area (Å²) in [6, 6.07) is 2.60. The van der Waals surface area contributed by atoms with E-state index in [1.165, 1.54) is 0 Å². The highest BCUT2D eigenvalue weighted by Gasteiger charge is 2.25. The van der Waals surface area contributed by atoms with Gasteiger partial charge in [-0.3, -0.25) is 0 Å². The van der Waals surface area contributed by atoms with Crippen molar-refractivity contribution in [2.24, 2.45) is 0 Å². The maximum Gasteiger partial charge on any atom is 0.145 e. The molecule has 1 N–H and O–H groups in total. The first-order chi connectivity index (χ1) is 8.60. The first-order valence-corrected chi connectivity index (χ1v) is 6.25. The fourth-order valence-electron chi connectivity index (χ4n) is 2.32. The number of rotatable bonds is 4. The summed E-state index contributed by atoms with van der Waals surface area (Å²) in [5.74, 6) is 1.87. The van der Waals surface area contributed by atoms with Crippen LogP contribution in [0.3, 0.4) is 0 Å². The van der Waals surface area contributed by atoms with Gasteiger partial charge in [0, 0.05) is 26.2 Å². The van der Waals surface area contributed by atoms with Gasteiger partial charge in [0.05, 0.1) is 25.9 Å². The molecule has 2 rings (SSSR count). The molecule has 0 aliphatic carbocycles. The minimum absolute atomic E-state index is 0.533. The maximum absolute atomic E-state index is 5.58. The molecule has 1 heterocycles. The molecule has 1 fully saturated rings. The molecule has 0 unspecified atom stereocenters. The van der Waals surface area contributed by atoms with Crippen LogP contribution >= 0.6 is 0 Å². The largest absolute Gasteiger partial charge is 0.496 e. The maximum atomic E-state index is 5.58. The Bertz CT molecular complexity index is 442. The Labute approximate surface area is 109 Å². The van der Waals surface area contributed by atoms with E-state index in [9.17, 15) is 0 Å². The van der Waals surface area contributed by atoms with E-state index in [1.807, 2.05) is 0 Å². The van der Waals surface area contributed by atoms with Crippen molar-refractivity contribution in [3.8, 4) is 11.5 Å². The van der Waals surface area contributed by atoms with Gasteiger partial charge in [-0.05, 0) is 25.0 Å². The molecule has 0 radical (unpaired) electrons. The van der Waals surface area contributed by atoms with Crippen LogP contribution in [-0.4, -0.2) is 40.4 Å². The van der Waals surface area contributed by atoms with Gasteiger partial charge in [-0.2, -0.15) is 0 Å². The third-order valence-electron chi connectivity index (χ3n) is 3.88. The molecule has 0 aromatic heterocycles. The molecule has 0 spiro atoms. The molecular weight excluding hydrogens is 228 g/mol. The number of hydrogen-bond acceptors (Lipinski definition) is 4. The summed E-state index contributed by atoms with van der Waals surface area (Å²) in [5.41, 5.74) is 3.38. The molecule has 0 atom stereocenters. The Hall–Kier alpha value is -1.42. The molecule has 100 valence electrons. The van der Waals surface area contributed by atoms with Gasteiger partial charge in [0.2, 0.25) is 0 Å². The fraction of sp³-hybridized carbons (Fsp3) is 0.571. The van der Waals surface area contributed by atoms with Crippen LogP contribution in [0.25, 0.3) is 0 Å². The summed E-state index contributed by atoms with van der Waals surface area (Å²) in [6.45, 7) is 6.18. The topological polar surface area (TPSA) is 33.7 Å². The fourth-order valence-corrected chi connectivity index (χ4v) is 2.32. The van der Waals surface area contributed by atoms with Crippen molar-refractivity contribution in [2.75, 3.05) is 39.3 Å². The van der Waals surface area contributed by atoms with Gasteiger partial charge in [-0.25, -0.2) is 0 Å². The minimum atomic E-state index is 0.533. The van der Waals surface area contributed by atoms with Crippen molar-refractivity contribution >= 4 is 5.69 Å². The summed E-state index contributed by atoms with van der Waals surface area (Å²) < 4.78 is 11.0. The van der Waals surface area contributed by atoms with Gasteiger partial charge in [-0.15, -0.1) is 0 Å². The van der Waals surface area contributed by atoms with E-state index in [2.05, 4.69) is 37.2 Å². The Morgan fingerprint density at radius 2 is 1.83 bits per heavy atom. The van der Waals surface area contributed by atoms with Crippen LogP contribution in [-0.2, 0) is 0 Å². The third-order valence-corrected chi connectivity index (χ3v) is 3.88. The number of nitrogens with one attached hydrogen (secondary N) is 1. The van der Waals surface area contributed by atoms with E-state index >= 15 is 0 Å². The van der Waals surface area contributed by atoms with Crippen molar-refractivity contribution in [2.45, 2.75) is 19.9 Å². The van der Waals surface area contributed by atoms with Gasteiger partial charge in [0.25, 0.3) is 0 Å². The number of nitrogens with zero attached hydrogens (tertiary/aromatic N) is 1. The second kappa shape index (κ2) is 5.06. The molecular formula is C14H22N2O2. The molecule has 0 saturated carbocycles. The lowest BCUT2D eigenvalue weighted by atomic mass is 10.0. The van der Waals surface area contributed by atoms with E-state index in [4.69, 9.17) is 9.47 Å². The lowest BCUT2D eigenvalue weighted by Gasteiger charge is -2.38. The molecule has 1 aliphatic rings. The van der Waals surface area contributed by atoms with Crippen LogP contribution in [0.15, 0.2) is 6.07 Å². The van der Waals surface area contributed by atoms with Crippen LogP contribution in [0.5, 0.6) is 11.5 Å². The van der Waals surface area contributed by atoms with Crippen LogP contribution in [0.2, 0.25) is 0 Å². The average molecular weight is 250 g/mol. The highest BCUT2D eigenvalue weighted by Crippen LogP contribution is 2.39. The zero-order valence-corrected chi connectivity index (χ0v) is 11.8. The highest BCUT2D eigenvalue weighted by atomic mass is 16.5.